The minimum Gasteiger partial charge on any atom is -0.410 e. The zero-order valence-electron chi connectivity index (χ0n) is 14.8. The molecule has 0 radical (unpaired) electrons. The highest BCUT2D eigenvalue weighted by Gasteiger charge is 2.27. The largest absolute Gasteiger partial charge is 0.422 e. The second kappa shape index (κ2) is 8.84. The smallest absolute Gasteiger partial charge is 0.410 e. The number of guanidine groups is 1. The van der Waals surface area contributed by atoms with Crippen LogP contribution in [-0.4, -0.2) is 35.1 Å². The third kappa shape index (κ3) is 5.18. The molecule has 2 aromatic carbocycles. The number of nitrogens with two attached hydrogens (primary N) is 1. The second-order valence-electron chi connectivity index (χ2n) is 5.85. The molecule has 1 heterocycles. The summed E-state index contributed by atoms with van der Waals surface area (Å²) in [6.07, 6.45) is -0.661. The lowest BCUT2D eigenvalue weighted by atomic mass is 10.2. The molecule has 3 N–H and O–H groups in total. The van der Waals surface area contributed by atoms with E-state index in [2.05, 4.69) is 15.1 Å². The van der Waals surface area contributed by atoms with Gasteiger partial charge in [0.1, 0.15) is 12.4 Å². The number of amides is 1. The molecular weight excluding hydrogens is 425 g/mol. The molecule has 0 saturated heterocycles. The highest BCUT2D eigenvalue weighted by atomic mass is 35.5. The summed E-state index contributed by atoms with van der Waals surface area (Å²) in [5.74, 6) is 0.495. The molecule has 10 nitrogen and oxygen atoms in total. The van der Waals surface area contributed by atoms with Crippen molar-refractivity contribution >= 4 is 46.6 Å². The van der Waals surface area contributed by atoms with E-state index in [1.807, 2.05) is 0 Å². The van der Waals surface area contributed by atoms with Gasteiger partial charge in [0.15, 0.2) is 0 Å². The minimum atomic E-state index is -0.880. The Hall–Kier alpha value is -3.24. The van der Waals surface area contributed by atoms with Crippen molar-refractivity contribution in [2.45, 2.75) is 6.61 Å². The molecule has 3 rings (SSSR count). The van der Waals surface area contributed by atoms with Gasteiger partial charge in [0.2, 0.25) is 5.96 Å². The van der Waals surface area contributed by atoms with Crippen LogP contribution in [0.4, 0.5) is 16.2 Å². The number of rotatable bonds is 5. The maximum absolute atomic E-state index is 12.5. The molecule has 0 atom stereocenters. The van der Waals surface area contributed by atoms with E-state index < -0.39 is 11.2 Å². The summed E-state index contributed by atoms with van der Waals surface area (Å²) < 4.78 is 5.33. The molecule has 0 unspecified atom stereocenters. The fraction of sp³-hybridized carbons (Fsp3) is 0.176. The molecule has 29 heavy (non-hydrogen) atoms. The number of hydrogen-bond acceptors (Lipinski definition) is 8. The fourth-order valence-electron chi connectivity index (χ4n) is 2.49. The summed E-state index contributed by atoms with van der Waals surface area (Å²) in [5, 5.41) is 12.8. The Morgan fingerprint density at radius 3 is 2.55 bits per heavy atom. The van der Waals surface area contributed by atoms with E-state index in [9.17, 15) is 14.9 Å². The van der Waals surface area contributed by atoms with Gasteiger partial charge in [0.25, 0.3) is 5.09 Å². The predicted molar refractivity (Wildman–Crippen MR) is 108 cm³/mol. The van der Waals surface area contributed by atoms with E-state index in [-0.39, 0.29) is 28.4 Å². The van der Waals surface area contributed by atoms with Gasteiger partial charge >= 0.3 is 6.09 Å². The second-order valence-corrected chi connectivity index (χ2v) is 6.66. The van der Waals surface area contributed by atoms with Crippen LogP contribution in [0.1, 0.15) is 5.56 Å². The van der Waals surface area contributed by atoms with Gasteiger partial charge in [-0.2, -0.15) is 0 Å². The highest BCUT2D eigenvalue weighted by Crippen LogP contribution is 2.33. The van der Waals surface area contributed by atoms with Crippen LogP contribution in [0.3, 0.4) is 0 Å². The van der Waals surface area contributed by atoms with Gasteiger partial charge in [-0.3, -0.25) is 4.99 Å². The number of nitrogens with zero attached hydrogens (tertiary/aromatic N) is 3. The Bertz CT molecular complexity index is 944. The number of aliphatic imine (C=N–C) groups is 1. The van der Waals surface area contributed by atoms with Crippen LogP contribution in [-0.2, 0) is 11.4 Å². The molecule has 0 spiro atoms. The van der Waals surface area contributed by atoms with Crippen LogP contribution < -0.4 is 15.8 Å². The predicted octanol–water partition coefficient (Wildman–Crippen LogP) is 3.57. The molecular formula is C17H15Cl2N5O5. The van der Waals surface area contributed by atoms with Crippen molar-refractivity contribution in [3.63, 3.8) is 0 Å². The topological polar surface area (TPSA) is 132 Å². The monoisotopic (exact) mass is 439 g/mol. The summed E-state index contributed by atoms with van der Waals surface area (Å²) in [5.41, 5.74) is 7.02. The number of nitrogens with one attached hydrogen (secondary N) is 1. The summed E-state index contributed by atoms with van der Waals surface area (Å²) in [4.78, 5) is 32.6. The molecule has 1 aliphatic heterocycles. The van der Waals surface area contributed by atoms with Crippen LogP contribution >= 0.6 is 23.2 Å². The first kappa shape index (κ1) is 20.5. The van der Waals surface area contributed by atoms with E-state index >= 15 is 0 Å². The number of nitrogen functional groups attached to an aromatic ring is 1. The number of carbonyl (C=O) groups excluding carboxylic acids is 1. The van der Waals surface area contributed by atoms with Gasteiger partial charge in [-0.25, -0.2) is 9.69 Å². The summed E-state index contributed by atoms with van der Waals surface area (Å²) >= 11 is 12.3. The first-order valence-corrected chi connectivity index (χ1v) is 9.00. The van der Waals surface area contributed by atoms with E-state index in [1.165, 1.54) is 29.2 Å². The summed E-state index contributed by atoms with van der Waals surface area (Å²) in [7, 11) is 0. The summed E-state index contributed by atoms with van der Waals surface area (Å²) in [6, 6.07) is 9.17. The van der Waals surface area contributed by atoms with Gasteiger partial charge in [-0.1, -0.05) is 35.3 Å². The number of halogens is 2. The average molecular weight is 440 g/mol. The normalized spacial score (nSPS) is 13.0. The van der Waals surface area contributed by atoms with Crippen LogP contribution in [0, 0.1) is 10.1 Å². The highest BCUT2D eigenvalue weighted by molar-refractivity contribution is 6.40. The lowest BCUT2D eigenvalue weighted by molar-refractivity contribution is -0.763. The standard InChI is InChI=1S/C17H15Cl2N5O5/c18-13-7-11(20)8-14(19)15(13)22-16-21-5-6-23(16)17(25)29-12-3-1-10(2-4-12)9-28-24(26)27/h1-4,7-8H,5-6,9,20H2,(H,21,22). The average Bonchev–Trinajstić information content (AvgIpc) is 3.12. The molecule has 1 amide bonds. The molecule has 0 bridgehead atoms. The van der Waals surface area contributed by atoms with Crippen LogP contribution in [0.5, 0.6) is 5.75 Å². The van der Waals surface area contributed by atoms with Crippen molar-refractivity contribution in [2.24, 2.45) is 4.99 Å². The van der Waals surface area contributed by atoms with Crippen LogP contribution in [0.2, 0.25) is 10.0 Å². The number of carbonyl (C=O) groups is 1. The zero-order chi connectivity index (χ0) is 21.0. The SMILES string of the molecule is Nc1cc(Cl)c(NC2=NCCN2C(=O)Oc2ccc(CO[N+](=O)[O-])cc2)c(Cl)c1. The van der Waals surface area contributed by atoms with Crippen molar-refractivity contribution in [1.82, 2.24) is 4.90 Å². The molecule has 0 fully saturated rings. The fourth-order valence-corrected chi connectivity index (χ4v) is 3.09. The Kier molecular flexibility index (Phi) is 6.25. The van der Waals surface area contributed by atoms with Crippen LogP contribution in [0.25, 0.3) is 0 Å². The minimum absolute atomic E-state index is 0.197. The molecule has 1 aliphatic rings. The third-order valence-corrected chi connectivity index (χ3v) is 4.42. The van der Waals surface area contributed by atoms with Crippen molar-refractivity contribution in [3.8, 4) is 5.75 Å². The van der Waals surface area contributed by atoms with Gasteiger partial charge < -0.3 is 20.6 Å². The van der Waals surface area contributed by atoms with E-state index in [0.717, 1.165) is 0 Å². The molecule has 0 aliphatic carbocycles. The van der Waals surface area contributed by atoms with E-state index in [0.29, 0.717) is 30.0 Å². The number of anilines is 2. The molecule has 2 aromatic rings. The van der Waals surface area contributed by atoms with Gasteiger partial charge in [-0.05, 0) is 29.8 Å². The first-order valence-electron chi connectivity index (χ1n) is 8.25. The number of hydrogen-bond donors (Lipinski definition) is 2. The zero-order valence-corrected chi connectivity index (χ0v) is 16.3. The van der Waals surface area contributed by atoms with Crippen molar-refractivity contribution in [2.75, 3.05) is 24.1 Å². The van der Waals surface area contributed by atoms with E-state index in [1.54, 1.807) is 12.1 Å². The maximum Gasteiger partial charge on any atom is 0.422 e. The Morgan fingerprint density at radius 2 is 1.93 bits per heavy atom. The molecule has 152 valence electrons. The maximum atomic E-state index is 12.5. The van der Waals surface area contributed by atoms with Crippen molar-refractivity contribution in [1.29, 1.82) is 0 Å². The van der Waals surface area contributed by atoms with Crippen LogP contribution in [0.15, 0.2) is 41.4 Å². The third-order valence-electron chi connectivity index (χ3n) is 3.83. The summed E-state index contributed by atoms with van der Waals surface area (Å²) in [6.45, 7) is 0.482. The van der Waals surface area contributed by atoms with Gasteiger partial charge in [0, 0.05) is 5.69 Å². The Balaban J connectivity index is 1.65. The van der Waals surface area contributed by atoms with Crippen molar-refractivity contribution in [3.05, 3.63) is 62.1 Å². The van der Waals surface area contributed by atoms with Gasteiger partial charge in [-0.15, -0.1) is 10.1 Å². The van der Waals surface area contributed by atoms with Gasteiger partial charge in [0.05, 0.1) is 28.8 Å². The molecule has 12 heteroatoms. The Morgan fingerprint density at radius 1 is 1.28 bits per heavy atom. The lowest BCUT2D eigenvalue weighted by Gasteiger charge is -2.20. The quantitative estimate of drug-likeness (QED) is 0.413. The molecule has 0 saturated carbocycles. The Labute approximate surface area is 174 Å². The lowest BCUT2D eigenvalue weighted by Crippen LogP contribution is -2.40. The van der Waals surface area contributed by atoms with Crippen molar-refractivity contribution < 1.29 is 19.5 Å². The van der Waals surface area contributed by atoms with E-state index in [4.69, 9.17) is 33.7 Å². The number of ether oxygens (including phenoxy) is 1. The molecule has 0 aromatic heterocycles. The first-order chi connectivity index (χ1) is 13.8. The number of benzene rings is 2.